The summed E-state index contributed by atoms with van der Waals surface area (Å²) < 4.78 is 0. The molecule has 2 rings (SSSR count). The summed E-state index contributed by atoms with van der Waals surface area (Å²) in [5, 5.41) is 34.2. The van der Waals surface area contributed by atoms with Crippen molar-refractivity contribution >= 4 is 46.2 Å². The van der Waals surface area contributed by atoms with Crippen molar-refractivity contribution in [3.8, 4) is 0 Å². The van der Waals surface area contributed by atoms with Crippen LogP contribution in [-0.2, 0) is 0 Å². The standard InChI is InChI=1S/C19H20N4O2S2/c1-22(18(26)14-9-5-3-6-10-14)20-16(24)13-17(25)21-23(2)19(27)15-11-7-4-8-12-15/h3-12H,13H2,1-2H3,(H,20,24)(H,21,25)/p-2. The van der Waals surface area contributed by atoms with Gasteiger partial charge in [0.05, 0.1) is 0 Å². The first-order valence-electron chi connectivity index (χ1n) is 8.03. The van der Waals surface area contributed by atoms with Crippen molar-refractivity contribution in [3.05, 3.63) is 71.8 Å². The van der Waals surface area contributed by atoms with Gasteiger partial charge in [-0.05, 0) is 11.8 Å². The molecule has 0 saturated heterocycles. The lowest BCUT2D eigenvalue weighted by atomic mass is 10.2. The van der Waals surface area contributed by atoms with Gasteiger partial charge in [-0.3, -0.25) is 10.0 Å². The lowest BCUT2D eigenvalue weighted by molar-refractivity contribution is -0.234. The van der Waals surface area contributed by atoms with Crippen LogP contribution in [-0.4, -0.2) is 45.9 Å². The highest BCUT2D eigenvalue weighted by Crippen LogP contribution is 2.06. The van der Waals surface area contributed by atoms with Crippen LogP contribution in [0.25, 0.3) is 0 Å². The summed E-state index contributed by atoms with van der Waals surface area (Å²) in [5.74, 6) is -1.27. The molecule has 0 aliphatic carbocycles. The van der Waals surface area contributed by atoms with E-state index in [-0.39, 0.29) is 0 Å². The molecule has 0 atom stereocenters. The molecule has 2 aromatic carbocycles. The molecule has 0 spiro atoms. The minimum absolute atomic E-state index is 0.385. The van der Waals surface area contributed by atoms with Crippen molar-refractivity contribution in [3.63, 3.8) is 0 Å². The molecule has 0 aliphatic rings. The molecule has 0 amide bonds. The first-order valence-corrected chi connectivity index (χ1v) is 8.85. The summed E-state index contributed by atoms with van der Waals surface area (Å²) in [4.78, 5) is 0.770. The molecule has 0 unspecified atom stereocenters. The van der Waals surface area contributed by atoms with E-state index in [1.54, 1.807) is 14.1 Å². The van der Waals surface area contributed by atoms with Crippen LogP contribution < -0.4 is 10.2 Å². The summed E-state index contributed by atoms with van der Waals surface area (Å²) in [6.45, 7) is 0. The Labute approximate surface area is 169 Å². The average Bonchev–Trinajstić information content (AvgIpc) is 2.67. The van der Waals surface area contributed by atoms with Gasteiger partial charge in [-0.25, -0.2) is 0 Å². The zero-order valence-electron chi connectivity index (χ0n) is 14.9. The van der Waals surface area contributed by atoms with Crippen molar-refractivity contribution < 1.29 is 10.2 Å². The predicted octanol–water partition coefficient (Wildman–Crippen LogP) is 1.34. The van der Waals surface area contributed by atoms with Crippen molar-refractivity contribution in [2.45, 2.75) is 6.42 Å². The van der Waals surface area contributed by atoms with Gasteiger partial charge < -0.3 is 10.2 Å². The quantitative estimate of drug-likeness (QED) is 0.316. The highest BCUT2D eigenvalue weighted by Gasteiger charge is 2.06. The van der Waals surface area contributed by atoms with Gasteiger partial charge in [0, 0.05) is 31.6 Å². The molecule has 27 heavy (non-hydrogen) atoms. The Morgan fingerprint density at radius 2 is 1.07 bits per heavy atom. The SMILES string of the molecule is CN(/N=C(\[O-])C/C([O-])=N/N(C)C(=S)c1ccccc1)C(=S)c1ccccc1. The number of hydrazone groups is 2. The van der Waals surface area contributed by atoms with Crippen LogP contribution in [0, 0.1) is 0 Å². The lowest BCUT2D eigenvalue weighted by Crippen LogP contribution is -2.34. The van der Waals surface area contributed by atoms with E-state index in [2.05, 4.69) is 10.2 Å². The minimum atomic E-state index is -0.636. The number of benzene rings is 2. The van der Waals surface area contributed by atoms with E-state index in [0.717, 1.165) is 11.1 Å². The fourth-order valence-corrected chi connectivity index (χ4v) is 2.51. The molecule has 0 heterocycles. The van der Waals surface area contributed by atoms with Crippen LogP contribution in [0.4, 0.5) is 0 Å². The van der Waals surface area contributed by atoms with E-state index in [9.17, 15) is 10.2 Å². The molecule has 0 radical (unpaired) electrons. The second kappa shape index (κ2) is 9.75. The van der Waals surface area contributed by atoms with Gasteiger partial charge in [-0.2, -0.15) is 10.2 Å². The number of nitrogens with zero attached hydrogens (tertiary/aromatic N) is 4. The summed E-state index contributed by atoms with van der Waals surface area (Å²) in [7, 11) is 3.12. The Kier molecular flexibility index (Phi) is 7.39. The predicted molar refractivity (Wildman–Crippen MR) is 111 cm³/mol. The van der Waals surface area contributed by atoms with Crippen LogP contribution >= 0.6 is 24.4 Å². The van der Waals surface area contributed by atoms with E-state index in [1.165, 1.54) is 10.0 Å². The van der Waals surface area contributed by atoms with Gasteiger partial charge in [0.1, 0.15) is 9.98 Å². The Bertz CT molecular complexity index is 783. The largest absolute Gasteiger partial charge is 0.860 e. The van der Waals surface area contributed by atoms with E-state index >= 15 is 0 Å². The third-order valence-corrected chi connectivity index (χ3v) is 4.45. The Hall–Kier alpha value is -2.84. The van der Waals surface area contributed by atoms with E-state index in [4.69, 9.17) is 24.4 Å². The molecular weight excluding hydrogens is 380 g/mol. The summed E-state index contributed by atoms with van der Waals surface area (Å²) >= 11 is 10.6. The normalized spacial score (nSPS) is 11.8. The van der Waals surface area contributed by atoms with Gasteiger partial charge in [-0.1, -0.05) is 85.1 Å². The molecule has 0 aliphatic heterocycles. The molecule has 0 saturated carbocycles. The zero-order valence-corrected chi connectivity index (χ0v) is 16.5. The number of hydrogen-bond donors (Lipinski definition) is 0. The maximum absolute atomic E-state index is 12.0. The molecule has 6 nitrogen and oxygen atoms in total. The molecule has 140 valence electrons. The smallest absolute Gasteiger partial charge is 0.129 e. The van der Waals surface area contributed by atoms with Crippen LogP contribution in [0.5, 0.6) is 0 Å². The minimum Gasteiger partial charge on any atom is -0.860 e. The Morgan fingerprint density at radius 3 is 1.41 bits per heavy atom. The molecule has 0 N–H and O–H groups in total. The lowest BCUT2D eigenvalue weighted by Gasteiger charge is -2.23. The molecular formula is C19H18N4O2S2-2. The van der Waals surface area contributed by atoms with Gasteiger partial charge in [0.2, 0.25) is 0 Å². The summed E-state index contributed by atoms with van der Waals surface area (Å²) in [5.41, 5.74) is 1.52. The van der Waals surface area contributed by atoms with Crippen LogP contribution in [0.1, 0.15) is 17.5 Å². The van der Waals surface area contributed by atoms with E-state index in [1.807, 2.05) is 60.7 Å². The maximum atomic E-state index is 12.0. The monoisotopic (exact) mass is 398 g/mol. The van der Waals surface area contributed by atoms with Gasteiger partial charge in [0.25, 0.3) is 0 Å². The zero-order chi connectivity index (χ0) is 19.8. The van der Waals surface area contributed by atoms with Crippen molar-refractivity contribution in [1.29, 1.82) is 0 Å². The molecule has 0 fully saturated rings. The van der Waals surface area contributed by atoms with Crippen molar-refractivity contribution in [1.82, 2.24) is 10.0 Å². The fourth-order valence-electron chi connectivity index (χ4n) is 2.16. The first kappa shape index (κ1) is 20.5. The van der Waals surface area contributed by atoms with Gasteiger partial charge >= 0.3 is 0 Å². The van der Waals surface area contributed by atoms with Gasteiger partial charge in [-0.15, -0.1) is 0 Å². The van der Waals surface area contributed by atoms with E-state index < -0.39 is 18.2 Å². The highest BCUT2D eigenvalue weighted by atomic mass is 32.1. The molecule has 0 aromatic heterocycles. The van der Waals surface area contributed by atoms with E-state index in [0.29, 0.717) is 9.98 Å². The highest BCUT2D eigenvalue weighted by molar-refractivity contribution is 7.80. The average molecular weight is 399 g/mol. The van der Waals surface area contributed by atoms with Crippen LogP contribution in [0.3, 0.4) is 0 Å². The summed E-state index contributed by atoms with van der Waals surface area (Å²) in [6, 6.07) is 18.4. The fraction of sp³-hybridized carbons (Fsp3) is 0.158. The maximum Gasteiger partial charge on any atom is 0.129 e. The van der Waals surface area contributed by atoms with Crippen LogP contribution in [0.15, 0.2) is 70.9 Å². The second-order valence-electron chi connectivity index (χ2n) is 5.55. The van der Waals surface area contributed by atoms with Crippen LogP contribution in [0.2, 0.25) is 0 Å². The topological polar surface area (TPSA) is 77.3 Å². The third-order valence-electron chi connectivity index (χ3n) is 3.45. The number of hydrogen-bond acceptors (Lipinski definition) is 6. The first-order chi connectivity index (χ1) is 12.9. The van der Waals surface area contributed by atoms with Crippen molar-refractivity contribution in [2.24, 2.45) is 10.2 Å². The Morgan fingerprint density at radius 1 is 0.741 bits per heavy atom. The molecule has 0 bridgehead atoms. The molecule has 2 aromatic rings. The van der Waals surface area contributed by atoms with Gasteiger partial charge in [0.15, 0.2) is 0 Å². The van der Waals surface area contributed by atoms with Crippen molar-refractivity contribution in [2.75, 3.05) is 14.1 Å². The summed E-state index contributed by atoms with van der Waals surface area (Å²) in [6.07, 6.45) is -0.469. The number of rotatable bonds is 6. The second-order valence-corrected chi connectivity index (χ2v) is 6.33. The molecule has 8 heteroatoms. The Balaban J connectivity index is 2.00. The number of thiocarbonyl (C=S) groups is 2. The third kappa shape index (κ3) is 6.12.